The first-order valence-electron chi connectivity index (χ1n) is 8.79. The van der Waals surface area contributed by atoms with Crippen molar-refractivity contribution < 1.29 is 23.0 Å². The Morgan fingerprint density at radius 2 is 1.89 bits per heavy atom. The molecule has 0 aliphatic rings. The first-order chi connectivity index (χ1) is 12.9. The molecule has 1 amide bonds. The Bertz CT molecular complexity index is 625. The van der Waals surface area contributed by atoms with Crippen LogP contribution in [0.5, 0.6) is 11.5 Å². The van der Waals surface area contributed by atoms with E-state index in [9.17, 15) is 13.6 Å². The number of carbonyl (C=O) groups is 1. The van der Waals surface area contributed by atoms with E-state index in [2.05, 4.69) is 25.7 Å². The minimum absolute atomic E-state index is 0.0242. The van der Waals surface area contributed by atoms with E-state index < -0.39 is 6.61 Å². The largest absolute Gasteiger partial charge is 0.497 e. The van der Waals surface area contributed by atoms with Crippen LogP contribution in [0.1, 0.15) is 26.3 Å². The van der Waals surface area contributed by atoms with Crippen LogP contribution >= 0.6 is 0 Å². The van der Waals surface area contributed by atoms with Gasteiger partial charge in [-0.15, -0.1) is 0 Å². The summed E-state index contributed by atoms with van der Waals surface area (Å²) in [6.07, 6.45) is 0. The molecule has 9 heteroatoms. The van der Waals surface area contributed by atoms with Gasteiger partial charge in [0.2, 0.25) is 5.91 Å². The molecule has 1 rings (SSSR count). The summed E-state index contributed by atoms with van der Waals surface area (Å²) < 4.78 is 34.8. The van der Waals surface area contributed by atoms with Crippen molar-refractivity contribution >= 4 is 11.9 Å². The van der Waals surface area contributed by atoms with Gasteiger partial charge in [0.1, 0.15) is 11.5 Å². The summed E-state index contributed by atoms with van der Waals surface area (Å²) in [4.78, 5) is 15.9. The third-order valence-corrected chi connectivity index (χ3v) is 3.48. The quantitative estimate of drug-likeness (QED) is 0.326. The molecule has 0 saturated carbocycles. The SMILES string of the molecule is CCNC(=NCc1cc(OC)ccc1OC(F)F)NCCNC(=O)C(C)C. The van der Waals surface area contributed by atoms with Crippen molar-refractivity contribution in [3.05, 3.63) is 23.8 Å². The third kappa shape index (κ3) is 8.57. The smallest absolute Gasteiger partial charge is 0.387 e. The van der Waals surface area contributed by atoms with Gasteiger partial charge in [-0.1, -0.05) is 13.8 Å². The van der Waals surface area contributed by atoms with E-state index in [1.165, 1.54) is 13.2 Å². The highest BCUT2D eigenvalue weighted by molar-refractivity contribution is 5.80. The van der Waals surface area contributed by atoms with Crippen molar-refractivity contribution in [2.45, 2.75) is 33.9 Å². The fourth-order valence-electron chi connectivity index (χ4n) is 2.09. The topological polar surface area (TPSA) is 84.0 Å². The van der Waals surface area contributed by atoms with Gasteiger partial charge in [0, 0.05) is 31.1 Å². The molecule has 0 aromatic heterocycles. The Balaban J connectivity index is 2.74. The number of methoxy groups -OCH3 is 1. The highest BCUT2D eigenvalue weighted by Crippen LogP contribution is 2.26. The molecule has 3 N–H and O–H groups in total. The fraction of sp³-hybridized carbons (Fsp3) is 0.556. The summed E-state index contributed by atoms with van der Waals surface area (Å²) in [6.45, 7) is 4.30. The minimum atomic E-state index is -2.92. The molecule has 0 aliphatic heterocycles. The lowest BCUT2D eigenvalue weighted by Crippen LogP contribution is -2.42. The van der Waals surface area contributed by atoms with E-state index in [-0.39, 0.29) is 24.1 Å². The molecule has 0 unspecified atom stereocenters. The standard InChI is InChI=1S/C18H28F2N4O3/c1-5-21-18(23-9-8-22-16(25)12(2)3)24-11-13-10-14(26-4)6-7-15(13)27-17(19)20/h6-7,10,12,17H,5,8-9,11H2,1-4H3,(H,22,25)(H2,21,23,24). The second-order valence-electron chi connectivity index (χ2n) is 5.92. The van der Waals surface area contributed by atoms with E-state index >= 15 is 0 Å². The van der Waals surface area contributed by atoms with Crippen molar-refractivity contribution in [2.24, 2.45) is 10.9 Å². The molecule has 0 aliphatic carbocycles. The number of nitrogens with one attached hydrogen (secondary N) is 3. The van der Waals surface area contributed by atoms with Gasteiger partial charge in [0.05, 0.1) is 13.7 Å². The number of benzene rings is 1. The molecule has 1 aromatic rings. The molecular weight excluding hydrogens is 358 g/mol. The van der Waals surface area contributed by atoms with Crippen molar-refractivity contribution in [2.75, 3.05) is 26.7 Å². The average Bonchev–Trinajstić information content (AvgIpc) is 2.63. The molecule has 152 valence electrons. The summed E-state index contributed by atoms with van der Waals surface area (Å²) in [5.74, 6) is 0.977. The van der Waals surface area contributed by atoms with Crippen LogP contribution in [-0.2, 0) is 11.3 Å². The second-order valence-corrected chi connectivity index (χ2v) is 5.92. The highest BCUT2D eigenvalue weighted by Gasteiger charge is 2.11. The second kappa shape index (κ2) is 11.9. The van der Waals surface area contributed by atoms with Crippen LogP contribution in [0.3, 0.4) is 0 Å². The van der Waals surface area contributed by atoms with Gasteiger partial charge < -0.3 is 25.4 Å². The van der Waals surface area contributed by atoms with Crippen LogP contribution in [0.4, 0.5) is 8.78 Å². The van der Waals surface area contributed by atoms with E-state index in [4.69, 9.17) is 4.74 Å². The number of hydrogen-bond acceptors (Lipinski definition) is 4. The number of carbonyl (C=O) groups excluding carboxylic acids is 1. The first-order valence-corrected chi connectivity index (χ1v) is 8.79. The van der Waals surface area contributed by atoms with Crippen molar-refractivity contribution in [1.29, 1.82) is 0 Å². The molecule has 0 heterocycles. The molecule has 0 atom stereocenters. The Morgan fingerprint density at radius 1 is 1.19 bits per heavy atom. The van der Waals surface area contributed by atoms with Gasteiger partial charge in [0.25, 0.3) is 0 Å². The van der Waals surface area contributed by atoms with Gasteiger partial charge in [-0.3, -0.25) is 4.79 Å². The molecule has 0 spiro atoms. The lowest BCUT2D eigenvalue weighted by atomic mass is 10.2. The predicted octanol–water partition coefficient (Wildman–Crippen LogP) is 2.12. The molecule has 1 aromatic carbocycles. The molecule has 0 saturated heterocycles. The minimum Gasteiger partial charge on any atom is -0.497 e. The van der Waals surface area contributed by atoms with E-state index in [1.54, 1.807) is 12.1 Å². The summed E-state index contributed by atoms with van der Waals surface area (Å²) >= 11 is 0. The summed E-state index contributed by atoms with van der Waals surface area (Å²) in [5.41, 5.74) is 0.472. The first kappa shape index (κ1) is 22.5. The van der Waals surface area contributed by atoms with Gasteiger partial charge in [-0.05, 0) is 25.1 Å². The number of halogens is 2. The zero-order valence-electron chi connectivity index (χ0n) is 16.1. The zero-order chi connectivity index (χ0) is 20.2. The number of hydrogen-bond donors (Lipinski definition) is 3. The number of aliphatic imine (C=N–C) groups is 1. The summed E-state index contributed by atoms with van der Waals surface area (Å²) in [7, 11) is 1.49. The Labute approximate surface area is 158 Å². The van der Waals surface area contributed by atoms with Gasteiger partial charge in [0.15, 0.2) is 5.96 Å². The van der Waals surface area contributed by atoms with Crippen molar-refractivity contribution in [3.8, 4) is 11.5 Å². The monoisotopic (exact) mass is 386 g/mol. The van der Waals surface area contributed by atoms with Crippen LogP contribution in [0, 0.1) is 5.92 Å². The maximum atomic E-state index is 12.6. The Hall–Kier alpha value is -2.58. The number of rotatable bonds is 10. The molecule has 7 nitrogen and oxygen atoms in total. The van der Waals surface area contributed by atoms with Crippen LogP contribution in [0.15, 0.2) is 23.2 Å². The maximum Gasteiger partial charge on any atom is 0.387 e. The molecule has 27 heavy (non-hydrogen) atoms. The number of guanidine groups is 1. The Morgan fingerprint density at radius 3 is 2.48 bits per heavy atom. The van der Waals surface area contributed by atoms with Crippen molar-refractivity contribution in [3.63, 3.8) is 0 Å². The third-order valence-electron chi connectivity index (χ3n) is 3.48. The molecule has 0 radical (unpaired) electrons. The maximum absolute atomic E-state index is 12.6. The summed E-state index contributed by atoms with van der Waals surface area (Å²) in [6, 6.07) is 4.58. The molecular formula is C18H28F2N4O3. The number of nitrogens with zero attached hydrogens (tertiary/aromatic N) is 1. The highest BCUT2D eigenvalue weighted by atomic mass is 19.3. The molecule has 0 fully saturated rings. The van der Waals surface area contributed by atoms with Crippen LogP contribution in [0.2, 0.25) is 0 Å². The van der Waals surface area contributed by atoms with Crippen molar-refractivity contribution in [1.82, 2.24) is 16.0 Å². The number of amides is 1. The van der Waals surface area contributed by atoms with E-state index in [0.717, 1.165) is 0 Å². The summed E-state index contributed by atoms with van der Waals surface area (Å²) in [5, 5.41) is 8.93. The zero-order valence-corrected chi connectivity index (χ0v) is 16.1. The van der Waals surface area contributed by atoms with E-state index in [0.29, 0.717) is 36.9 Å². The lowest BCUT2D eigenvalue weighted by Gasteiger charge is -2.14. The fourth-order valence-corrected chi connectivity index (χ4v) is 2.09. The van der Waals surface area contributed by atoms with Crippen LogP contribution in [0.25, 0.3) is 0 Å². The lowest BCUT2D eigenvalue weighted by molar-refractivity contribution is -0.123. The van der Waals surface area contributed by atoms with Gasteiger partial charge in [-0.2, -0.15) is 8.78 Å². The molecule has 0 bridgehead atoms. The van der Waals surface area contributed by atoms with E-state index in [1.807, 2.05) is 20.8 Å². The van der Waals surface area contributed by atoms with Gasteiger partial charge >= 0.3 is 6.61 Å². The number of ether oxygens (including phenoxy) is 2. The predicted molar refractivity (Wildman–Crippen MR) is 100 cm³/mol. The Kier molecular flexibility index (Phi) is 9.92. The average molecular weight is 386 g/mol. The number of alkyl halides is 2. The normalized spacial score (nSPS) is 11.5. The van der Waals surface area contributed by atoms with Crippen LogP contribution < -0.4 is 25.4 Å². The van der Waals surface area contributed by atoms with Crippen LogP contribution in [-0.4, -0.2) is 45.2 Å². The van der Waals surface area contributed by atoms with Gasteiger partial charge in [-0.25, -0.2) is 4.99 Å².